The first-order valence-corrected chi connectivity index (χ1v) is 9.09. The van der Waals surface area contributed by atoms with E-state index >= 15 is 0 Å². The van der Waals surface area contributed by atoms with Crippen molar-refractivity contribution in [2.75, 3.05) is 14.2 Å². The summed E-state index contributed by atoms with van der Waals surface area (Å²) in [6, 6.07) is 5.05. The van der Waals surface area contributed by atoms with Gasteiger partial charge >= 0.3 is 6.61 Å². The Hall–Kier alpha value is -2.11. The third-order valence-electron chi connectivity index (χ3n) is 4.81. The van der Waals surface area contributed by atoms with Gasteiger partial charge in [0, 0.05) is 24.7 Å². The van der Waals surface area contributed by atoms with Crippen LogP contribution in [0, 0.1) is 0 Å². The second kappa shape index (κ2) is 10.1. The van der Waals surface area contributed by atoms with Gasteiger partial charge in [-0.1, -0.05) is 44.2 Å². The molecule has 0 radical (unpaired) electrons. The quantitative estimate of drug-likeness (QED) is 0.673. The molecule has 0 aromatic heterocycles. The lowest BCUT2D eigenvalue weighted by Gasteiger charge is -2.29. The second-order valence-electron chi connectivity index (χ2n) is 6.54. The highest BCUT2D eigenvalue weighted by atomic mass is 19.3. The molecule has 0 N–H and O–H groups in total. The van der Waals surface area contributed by atoms with Gasteiger partial charge in [-0.05, 0) is 25.0 Å². The molecule has 0 spiro atoms. The van der Waals surface area contributed by atoms with E-state index in [1.165, 1.54) is 44.6 Å². The van der Waals surface area contributed by atoms with E-state index in [1.807, 2.05) is 0 Å². The number of likely N-dealkylation sites (N-methyl/N-ethyl adjacent to an activating group) is 1. The summed E-state index contributed by atoms with van der Waals surface area (Å²) in [5.74, 6) is -0.00248. The van der Waals surface area contributed by atoms with Crippen molar-refractivity contribution in [3.05, 3.63) is 29.8 Å². The summed E-state index contributed by atoms with van der Waals surface area (Å²) in [4.78, 5) is 14.3. The van der Waals surface area contributed by atoms with Crippen molar-refractivity contribution in [3.63, 3.8) is 0 Å². The predicted octanol–water partition coefficient (Wildman–Crippen LogP) is 4.88. The summed E-state index contributed by atoms with van der Waals surface area (Å²) in [5, 5.41) is 0. The van der Waals surface area contributed by atoms with Crippen molar-refractivity contribution in [1.29, 1.82) is 0 Å². The minimum Gasteiger partial charge on any atom is -0.493 e. The van der Waals surface area contributed by atoms with Crippen molar-refractivity contribution >= 4 is 12.0 Å². The lowest BCUT2D eigenvalue weighted by atomic mass is 9.96. The Morgan fingerprint density at radius 3 is 2.46 bits per heavy atom. The van der Waals surface area contributed by atoms with Gasteiger partial charge in [0.05, 0.1) is 7.11 Å². The van der Waals surface area contributed by atoms with Gasteiger partial charge in [-0.2, -0.15) is 8.78 Å². The summed E-state index contributed by atoms with van der Waals surface area (Å²) in [5.41, 5.74) is 0.379. The molecule has 144 valence electrons. The lowest BCUT2D eigenvalue weighted by Crippen LogP contribution is -2.36. The molecule has 1 fully saturated rings. The molecule has 2 rings (SSSR count). The number of ether oxygens (including phenoxy) is 2. The van der Waals surface area contributed by atoms with Gasteiger partial charge in [0.15, 0.2) is 11.5 Å². The molecule has 1 aliphatic carbocycles. The zero-order valence-electron chi connectivity index (χ0n) is 15.4. The number of methoxy groups -OCH3 is 1. The standard InChI is InChI=1S/C20H27F2NO3/c1-23(16-10-6-4-3-5-7-11-16)18(24)14-13-15-9-8-12-17(25-2)19(15)26-20(21)22/h8-9,12-14,16,20H,3-7,10-11H2,1-2H3/b14-13+. The summed E-state index contributed by atoms with van der Waals surface area (Å²) >= 11 is 0. The Morgan fingerprint density at radius 2 is 1.85 bits per heavy atom. The highest BCUT2D eigenvalue weighted by Crippen LogP contribution is 2.33. The monoisotopic (exact) mass is 367 g/mol. The fourth-order valence-corrected chi connectivity index (χ4v) is 3.32. The van der Waals surface area contributed by atoms with Crippen LogP contribution >= 0.6 is 0 Å². The van der Waals surface area contributed by atoms with Gasteiger partial charge in [0.25, 0.3) is 0 Å². The molecule has 4 nitrogen and oxygen atoms in total. The normalized spacial score (nSPS) is 16.3. The van der Waals surface area contributed by atoms with Crippen LogP contribution in [0.2, 0.25) is 0 Å². The SMILES string of the molecule is COc1cccc(/C=C/C(=O)N(C)C2CCCCCCC2)c1OC(F)F. The van der Waals surface area contributed by atoms with Crippen molar-refractivity contribution in [1.82, 2.24) is 4.90 Å². The minimum atomic E-state index is -2.97. The summed E-state index contributed by atoms with van der Waals surface area (Å²) in [6.45, 7) is -2.97. The van der Waals surface area contributed by atoms with Crippen molar-refractivity contribution in [2.24, 2.45) is 0 Å². The molecule has 0 aliphatic heterocycles. The van der Waals surface area contributed by atoms with Gasteiger partial charge in [0.2, 0.25) is 5.91 Å². The molecule has 0 atom stereocenters. The maximum atomic E-state index is 12.7. The fourth-order valence-electron chi connectivity index (χ4n) is 3.32. The van der Waals surface area contributed by atoms with Crippen molar-refractivity contribution in [2.45, 2.75) is 57.6 Å². The molecule has 0 saturated heterocycles. The van der Waals surface area contributed by atoms with Crippen LogP contribution < -0.4 is 9.47 Å². The summed E-state index contributed by atoms with van der Waals surface area (Å²) in [6.07, 6.45) is 10.9. The van der Waals surface area contributed by atoms with Crippen LogP contribution in [0.5, 0.6) is 11.5 Å². The zero-order chi connectivity index (χ0) is 18.9. The first-order valence-electron chi connectivity index (χ1n) is 9.09. The van der Waals surface area contributed by atoms with Gasteiger partial charge < -0.3 is 14.4 Å². The van der Waals surface area contributed by atoms with Gasteiger partial charge in [0.1, 0.15) is 0 Å². The molecule has 0 unspecified atom stereocenters. The highest BCUT2D eigenvalue weighted by Gasteiger charge is 2.19. The van der Waals surface area contributed by atoms with Gasteiger partial charge in [-0.25, -0.2) is 0 Å². The average Bonchev–Trinajstić information content (AvgIpc) is 2.59. The van der Waals surface area contributed by atoms with E-state index in [1.54, 1.807) is 24.1 Å². The first kappa shape index (κ1) is 20.2. The third-order valence-corrected chi connectivity index (χ3v) is 4.81. The van der Waals surface area contributed by atoms with E-state index in [9.17, 15) is 13.6 Å². The van der Waals surface area contributed by atoms with E-state index in [0.717, 1.165) is 25.7 Å². The molecule has 26 heavy (non-hydrogen) atoms. The molecular weight excluding hydrogens is 340 g/mol. The van der Waals surface area contributed by atoms with Gasteiger partial charge in [-0.15, -0.1) is 0 Å². The number of hydrogen-bond donors (Lipinski definition) is 0. The molecule has 1 amide bonds. The van der Waals surface area contributed by atoms with Crippen LogP contribution in [0.4, 0.5) is 8.78 Å². The van der Waals surface area contributed by atoms with Crippen LogP contribution in [-0.2, 0) is 4.79 Å². The highest BCUT2D eigenvalue weighted by molar-refractivity contribution is 5.92. The van der Waals surface area contributed by atoms with Crippen LogP contribution in [0.15, 0.2) is 24.3 Å². The molecule has 1 aromatic carbocycles. The summed E-state index contributed by atoms with van der Waals surface area (Å²) in [7, 11) is 3.19. The Morgan fingerprint density at radius 1 is 1.19 bits per heavy atom. The number of carbonyl (C=O) groups is 1. The second-order valence-corrected chi connectivity index (χ2v) is 6.54. The number of alkyl halides is 2. The molecule has 6 heteroatoms. The van der Waals surface area contributed by atoms with Crippen molar-refractivity contribution in [3.8, 4) is 11.5 Å². The molecule has 0 heterocycles. The Kier molecular flexibility index (Phi) is 7.88. The zero-order valence-corrected chi connectivity index (χ0v) is 15.4. The number of hydrogen-bond acceptors (Lipinski definition) is 3. The molecule has 1 aromatic rings. The van der Waals surface area contributed by atoms with Crippen molar-refractivity contribution < 1.29 is 23.0 Å². The smallest absolute Gasteiger partial charge is 0.387 e. The predicted molar refractivity (Wildman–Crippen MR) is 97.5 cm³/mol. The van der Waals surface area contributed by atoms with Gasteiger partial charge in [-0.3, -0.25) is 4.79 Å². The maximum Gasteiger partial charge on any atom is 0.387 e. The minimum absolute atomic E-state index is 0.0670. The lowest BCUT2D eigenvalue weighted by molar-refractivity contribution is -0.127. The first-order chi connectivity index (χ1) is 12.5. The van der Waals surface area contributed by atoms with E-state index in [0.29, 0.717) is 5.56 Å². The number of carbonyl (C=O) groups excluding carboxylic acids is 1. The van der Waals surface area contributed by atoms with E-state index < -0.39 is 6.61 Å². The largest absolute Gasteiger partial charge is 0.493 e. The maximum absolute atomic E-state index is 12.7. The number of para-hydroxylation sites is 1. The van der Waals surface area contributed by atoms with Crippen LogP contribution in [0.25, 0.3) is 6.08 Å². The summed E-state index contributed by atoms with van der Waals surface area (Å²) < 4.78 is 35.0. The third kappa shape index (κ3) is 5.71. The number of benzene rings is 1. The Balaban J connectivity index is 2.11. The Labute approximate surface area is 153 Å². The number of nitrogens with zero attached hydrogens (tertiary/aromatic N) is 1. The van der Waals surface area contributed by atoms with E-state index in [-0.39, 0.29) is 23.4 Å². The van der Waals surface area contributed by atoms with Crippen LogP contribution in [0.1, 0.15) is 50.5 Å². The molecular formula is C20H27F2NO3. The number of rotatable bonds is 6. The molecule has 0 bridgehead atoms. The van der Waals surface area contributed by atoms with E-state index in [4.69, 9.17) is 4.74 Å². The topological polar surface area (TPSA) is 38.8 Å². The fraction of sp³-hybridized carbons (Fsp3) is 0.550. The molecule has 1 aliphatic rings. The van der Waals surface area contributed by atoms with Crippen LogP contribution in [-0.4, -0.2) is 37.6 Å². The van der Waals surface area contributed by atoms with E-state index in [2.05, 4.69) is 4.74 Å². The number of halogens is 2. The van der Waals surface area contributed by atoms with Crippen LogP contribution in [0.3, 0.4) is 0 Å². The number of amides is 1. The molecule has 1 saturated carbocycles. The average molecular weight is 367 g/mol. The Bertz CT molecular complexity index is 611.